The van der Waals surface area contributed by atoms with Gasteiger partial charge in [-0.05, 0) is 30.9 Å². The zero-order chi connectivity index (χ0) is 12.8. The van der Waals surface area contributed by atoms with Crippen molar-refractivity contribution in [2.75, 3.05) is 25.6 Å². The molecule has 0 saturated carbocycles. The zero-order valence-corrected chi connectivity index (χ0v) is 10.6. The Morgan fingerprint density at radius 1 is 1.33 bits per heavy atom. The molecule has 0 bridgehead atoms. The molecular formula is C14H19NO3. The Balaban J connectivity index is 2.07. The summed E-state index contributed by atoms with van der Waals surface area (Å²) < 4.78 is 10.2. The van der Waals surface area contributed by atoms with Gasteiger partial charge in [-0.3, -0.25) is 0 Å². The Labute approximate surface area is 107 Å². The molecule has 0 spiro atoms. The Morgan fingerprint density at radius 3 is 2.61 bits per heavy atom. The van der Waals surface area contributed by atoms with Crippen LogP contribution in [0.15, 0.2) is 30.3 Å². The standard InChI is InChI=1S/C14H19NO3/c1-17-14(16)13(11-7-9-18-10-8-11)15-12-5-3-2-4-6-12/h2-6,11,13,15H,7-10H2,1H3. The molecule has 1 aliphatic heterocycles. The van der Waals surface area contributed by atoms with Gasteiger partial charge >= 0.3 is 5.97 Å². The highest BCUT2D eigenvalue weighted by Gasteiger charge is 2.30. The largest absolute Gasteiger partial charge is 0.467 e. The average Bonchev–Trinajstić information content (AvgIpc) is 2.46. The third-order valence-corrected chi connectivity index (χ3v) is 3.29. The van der Waals surface area contributed by atoms with Crippen LogP contribution in [0.2, 0.25) is 0 Å². The van der Waals surface area contributed by atoms with Crippen molar-refractivity contribution in [2.24, 2.45) is 5.92 Å². The lowest BCUT2D eigenvalue weighted by molar-refractivity contribution is -0.143. The quantitative estimate of drug-likeness (QED) is 0.830. The number of carbonyl (C=O) groups excluding carboxylic acids is 1. The van der Waals surface area contributed by atoms with Crippen LogP contribution in [0, 0.1) is 5.92 Å². The average molecular weight is 249 g/mol. The van der Waals surface area contributed by atoms with Crippen LogP contribution in [-0.4, -0.2) is 32.3 Å². The number of esters is 1. The van der Waals surface area contributed by atoms with Crippen molar-refractivity contribution < 1.29 is 14.3 Å². The summed E-state index contributed by atoms with van der Waals surface area (Å²) in [6, 6.07) is 9.46. The third-order valence-electron chi connectivity index (χ3n) is 3.29. The molecule has 1 saturated heterocycles. The van der Waals surface area contributed by atoms with Gasteiger partial charge < -0.3 is 14.8 Å². The Hall–Kier alpha value is -1.55. The van der Waals surface area contributed by atoms with Crippen LogP contribution in [-0.2, 0) is 14.3 Å². The highest BCUT2D eigenvalue weighted by Crippen LogP contribution is 2.22. The number of para-hydroxylation sites is 1. The Kier molecular flexibility index (Phi) is 4.59. The maximum absolute atomic E-state index is 11.9. The van der Waals surface area contributed by atoms with Crippen molar-refractivity contribution in [1.29, 1.82) is 0 Å². The van der Waals surface area contributed by atoms with Crippen molar-refractivity contribution in [3.63, 3.8) is 0 Å². The fourth-order valence-electron chi connectivity index (χ4n) is 2.26. The van der Waals surface area contributed by atoms with Gasteiger partial charge in [-0.2, -0.15) is 0 Å². The van der Waals surface area contributed by atoms with Crippen LogP contribution in [0.4, 0.5) is 5.69 Å². The second-order valence-electron chi connectivity index (χ2n) is 4.46. The minimum absolute atomic E-state index is 0.203. The molecule has 1 aromatic carbocycles. The van der Waals surface area contributed by atoms with E-state index in [0.717, 1.165) is 18.5 Å². The lowest BCUT2D eigenvalue weighted by Gasteiger charge is -2.29. The lowest BCUT2D eigenvalue weighted by atomic mass is 9.91. The molecule has 98 valence electrons. The van der Waals surface area contributed by atoms with Crippen LogP contribution in [0.3, 0.4) is 0 Å². The summed E-state index contributed by atoms with van der Waals surface area (Å²) in [5, 5.41) is 3.27. The minimum Gasteiger partial charge on any atom is -0.467 e. The van der Waals surface area contributed by atoms with Crippen LogP contribution < -0.4 is 5.32 Å². The van der Waals surface area contributed by atoms with E-state index in [1.54, 1.807) is 0 Å². The van der Waals surface area contributed by atoms with E-state index < -0.39 is 0 Å². The molecule has 1 heterocycles. The number of carbonyl (C=O) groups is 1. The summed E-state index contributed by atoms with van der Waals surface area (Å²) in [7, 11) is 1.43. The molecule has 2 rings (SSSR count). The minimum atomic E-state index is -0.290. The molecule has 1 aliphatic rings. The normalized spacial score (nSPS) is 18.1. The molecule has 18 heavy (non-hydrogen) atoms. The maximum atomic E-state index is 11.9. The molecule has 1 atom stereocenters. The van der Waals surface area contributed by atoms with E-state index in [1.807, 2.05) is 30.3 Å². The molecule has 1 unspecified atom stereocenters. The summed E-state index contributed by atoms with van der Waals surface area (Å²) in [6.45, 7) is 1.43. The van der Waals surface area contributed by atoms with Crippen LogP contribution >= 0.6 is 0 Å². The first-order chi connectivity index (χ1) is 8.81. The van der Waals surface area contributed by atoms with Crippen molar-refractivity contribution in [1.82, 2.24) is 0 Å². The third kappa shape index (κ3) is 3.23. The van der Waals surface area contributed by atoms with Crippen LogP contribution in [0.5, 0.6) is 0 Å². The fraction of sp³-hybridized carbons (Fsp3) is 0.500. The number of ether oxygens (including phenoxy) is 2. The van der Waals surface area contributed by atoms with Gasteiger partial charge in [0.25, 0.3) is 0 Å². The zero-order valence-electron chi connectivity index (χ0n) is 10.6. The molecule has 1 N–H and O–H groups in total. The summed E-state index contributed by atoms with van der Waals surface area (Å²) in [6.07, 6.45) is 1.78. The number of hydrogen-bond donors (Lipinski definition) is 1. The molecule has 1 fully saturated rings. The van der Waals surface area contributed by atoms with Gasteiger partial charge in [-0.1, -0.05) is 18.2 Å². The molecule has 1 aromatic rings. The van der Waals surface area contributed by atoms with Crippen molar-refractivity contribution in [3.8, 4) is 0 Å². The van der Waals surface area contributed by atoms with Gasteiger partial charge in [0.1, 0.15) is 6.04 Å². The van der Waals surface area contributed by atoms with Crippen molar-refractivity contribution in [3.05, 3.63) is 30.3 Å². The van der Waals surface area contributed by atoms with E-state index in [0.29, 0.717) is 13.2 Å². The molecule has 0 aromatic heterocycles. The predicted octanol–water partition coefficient (Wildman–Crippen LogP) is 2.07. The summed E-state index contributed by atoms with van der Waals surface area (Å²) >= 11 is 0. The fourth-order valence-corrected chi connectivity index (χ4v) is 2.26. The SMILES string of the molecule is COC(=O)C(Nc1ccccc1)C1CCOCC1. The van der Waals surface area contributed by atoms with E-state index in [9.17, 15) is 4.79 Å². The second kappa shape index (κ2) is 6.40. The van der Waals surface area contributed by atoms with Crippen molar-refractivity contribution >= 4 is 11.7 Å². The highest BCUT2D eigenvalue weighted by atomic mass is 16.5. The summed E-state index contributed by atoms with van der Waals surface area (Å²) in [5.41, 5.74) is 0.944. The first kappa shape index (κ1) is 12.9. The van der Waals surface area contributed by atoms with Crippen LogP contribution in [0.1, 0.15) is 12.8 Å². The van der Waals surface area contributed by atoms with Gasteiger partial charge in [-0.15, -0.1) is 0 Å². The monoisotopic (exact) mass is 249 g/mol. The number of benzene rings is 1. The molecule has 4 heteroatoms. The van der Waals surface area contributed by atoms with Crippen molar-refractivity contribution in [2.45, 2.75) is 18.9 Å². The van der Waals surface area contributed by atoms with E-state index in [-0.39, 0.29) is 17.9 Å². The molecule has 4 nitrogen and oxygen atoms in total. The van der Waals surface area contributed by atoms with Gasteiger partial charge in [0.05, 0.1) is 7.11 Å². The highest BCUT2D eigenvalue weighted by molar-refractivity contribution is 5.79. The van der Waals surface area contributed by atoms with Gasteiger partial charge in [-0.25, -0.2) is 4.79 Å². The first-order valence-electron chi connectivity index (χ1n) is 6.28. The predicted molar refractivity (Wildman–Crippen MR) is 69.4 cm³/mol. The summed E-state index contributed by atoms with van der Waals surface area (Å²) in [4.78, 5) is 11.9. The Morgan fingerprint density at radius 2 is 2.00 bits per heavy atom. The number of rotatable bonds is 4. The van der Waals surface area contributed by atoms with E-state index in [2.05, 4.69) is 5.32 Å². The number of hydrogen-bond acceptors (Lipinski definition) is 4. The van der Waals surface area contributed by atoms with Gasteiger partial charge in [0.15, 0.2) is 0 Å². The molecule has 0 radical (unpaired) electrons. The van der Waals surface area contributed by atoms with Crippen LogP contribution in [0.25, 0.3) is 0 Å². The molecule has 0 amide bonds. The maximum Gasteiger partial charge on any atom is 0.328 e. The van der Waals surface area contributed by atoms with Gasteiger partial charge in [0, 0.05) is 18.9 Å². The first-order valence-corrected chi connectivity index (χ1v) is 6.28. The smallest absolute Gasteiger partial charge is 0.328 e. The molecule has 0 aliphatic carbocycles. The van der Waals surface area contributed by atoms with E-state index in [1.165, 1.54) is 7.11 Å². The van der Waals surface area contributed by atoms with E-state index >= 15 is 0 Å². The summed E-state index contributed by atoms with van der Waals surface area (Å²) in [5.74, 6) is 0.0668. The topological polar surface area (TPSA) is 47.6 Å². The van der Waals surface area contributed by atoms with Gasteiger partial charge in [0.2, 0.25) is 0 Å². The Bertz CT molecular complexity index is 374. The lowest BCUT2D eigenvalue weighted by Crippen LogP contribution is -2.40. The number of nitrogens with one attached hydrogen (secondary N) is 1. The molecular weight excluding hydrogens is 230 g/mol. The van der Waals surface area contributed by atoms with E-state index in [4.69, 9.17) is 9.47 Å². The number of anilines is 1. The second-order valence-corrected chi connectivity index (χ2v) is 4.46. The number of methoxy groups -OCH3 is 1.